The van der Waals surface area contributed by atoms with Crippen molar-refractivity contribution in [1.29, 1.82) is 0 Å². The van der Waals surface area contributed by atoms with E-state index in [1.807, 2.05) is 0 Å². The Balaban J connectivity index is 0.00000264. The number of nitrogens with one attached hydrogen (secondary N) is 2. The van der Waals surface area contributed by atoms with Crippen molar-refractivity contribution < 1.29 is 26.3 Å². The van der Waals surface area contributed by atoms with Gasteiger partial charge in [-0.05, 0) is 25.5 Å². The molecule has 11 heteroatoms. The lowest BCUT2D eigenvalue weighted by Crippen LogP contribution is -2.37. The lowest BCUT2D eigenvalue weighted by atomic mass is 10.2. The Morgan fingerprint density at radius 2 is 2.13 bits per heavy atom. The Bertz CT molecular complexity index is 590. The first-order chi connectivity index (χ1) is 10.3. The molecule has 1 aromatic heterocycles. The van der Waals surface area contributed by atoms with Crippen LogP contribution in [-0.4, -0.2) is 45.3 Å². The topological polar surface area (TPSA) is 80.3 Å². The van der Waals surface area contributed by atoms with Gasteiger partial charge in [0.15, 0.2) is 6.61 Å². The van der Waals surface area contributed by atoms with Gasteiger partial charge in [-0.3, -0.25) is 0 Å². The van der Waals surface area contributed by atoms with Crippen LogP contribution in [0.2, 0.25) is 0 Å². The highest BCUT2D eigenvalue weighted by Gasteiger charge is 2.28. The zero-order valence-electron chi connectivity index (χ0n) is 12.0. The summed E-state index contributed by atoms with van der Waals surface area (Å²) in [4.78, 5) is 3.45. The molecule has 0 spiro atoms. The van der Waals surface area contributed by atoms with Gasteiger partial charge in [-0.1, -0.05) is 0 Å². The summed E-state index contributed by atoms with van der Waals surface area (Å²) in [5.41, 5.74) is 0. The highest BCUT2D eigenvalue weighted by Crippen LogP contribution is 2.18. The lowest BCUT2D eigenvalue weighted by molar-refractivity contribution is -0.154. The van der Waals surface area contributed by atoms with Gasteiger partial charge in [0.25, 0.3) is 0 Å². The summed E-state index contributed by atoms with van der Waals surface area (Å²) in [7, 11) is -3.74. The molecule has 6 nitrogen and oxygen atoms in total. The molecule has 1 fully saturated rings. The molecular weight excluding hydrogens is 359 g/mol. The molecule has 2 heterocycles. The molecule has 0 amide bonds. The number of pyridine rings is 1. The third kappa shape index (κ3) is 6.50. The second-order valence-electron chi connectivity index (χ2n) is 4.88. The minimum absolute atomic E-state index is 0. The Morgan fingerprint density at radius 3 is 2.65 bits per heavy atom. The van der Waals surface area contributed by atoms with Crippen molar-refractivity contribution in [2.24, 2.45) is 0 Å². The van der Waals surface area contributed by atoms with Crippen molar-refractivity contribution in [1.82, 2.24) is 15.0 Å². The van der Waals surface area contributed by atoms with E-state index in [0.717, 1.165) is 37.7 Å². The van der Waals surface area contributed by atoms with Gasteiger partial charge in [-0.15, -0.1) is 12.4 Å². The number of aromatic nitrogens is 1. The largest absolute Gasteiger partial charge is 0.468 e. The normalized spacial score (nSPS) is 18.5. The zero-order valence-corrected chi connectivity index (χ0v) is 13.6. The fraction of sp³-hybridized carbons (Fsp3) is 0.583. The van der Waals surface area contributed by atoms with Crippen LogP contribution in [0.25, 0.3) is 0 Å². The van der Waals surface area contributed by atoms with E-state index in [-0.39, 0.29) is 35.8 Å². The molecule has 0 aromatic carbocycles. The van der Waals surface area contributed by atoms with Crippen LogP contribution >= 0.6 is 12.4 Å². The van der Waals surface area contributed by atoms with Gasteiger partial charge in [0, 0.05) is 18.7 Å². The number of nitrogens with zero attached hydrogens (tertiary/aromatic N) is 1. The van der Waals surface area contributed by atoms with Crippen LogP contribution in [0.3, 0.4) is 0 Å². The van der Waals surface area contributed by atoms with Crippen molar-refractivity contribution in [3.05, 3.63) is 18.3 Å². The van der Waals surface area contributed by atoms with E-state index in [9.17, 15) is 21.6 Å². The highest BCUT2D eigenvalue weighted by molar-refractivity contribution is 7.89. The molecule has 1 unspecified atom stereocenters. The predicted molar refractivity (Wildman–Crippen MR) is 79.2 cm³/mol. The van der Waals surface area contributed by atoms with Gasteiger partial charge < -0.3 is 10.1 Å². The smallest absolute Gasteiger partial charge is 0.422 e. The van der Waals surface area contributed by atoms with Crippen LogP contribution in [0.15, 0.2) is 23.2 Å². The quantitative estimate of drug-likeness (QED) is 0.787. The molecule has 1 saturated heterocycles. The first-order valence-electron chi connectivity index (χ1n) is 6.65. The van der Waals surface area contributed by atoms with Crippen molar-refractivity contribution in [2.75, 3.05) is 19.7 Å². The van der Waals surface area contributed by atoms with E-state index in [4.69, 9.17) is 0 Å². The highest BCUT2D eigenvalue weighted by atomic mass is 35.5. The summed E-state index contributed by atoms with van der Waals surface area (Å²) in [5, 5.41) is 3.15. The van der Waals surface area contributed by atoms with Gasteiger partial charge >= 0.3 is 6.18 Å². The van der Waals surface area contributed by atoms with Crippen LogP contribution < -0.4 is 14.8 Å². The van der Waals surface area contributed by atoms with Gasteiger partial charge in [-0.2, -0.15) is 13.2 Å². The Labute approximate surface area is 138 Å². The lowest BCUT2D eigenvalue weighted by Gasteiger charge is -2.12. The predicted octanol–water partition coefficient (Wildman–Crippen LogP) is 1.47. The second-order valence-corrected chi connectivity index (χ2v) is 6.65. The molecule has 0 saturated carbocycles. The molecule has 23 heavy (non-hydrogen) atoms. The third-order valence-corrected chi connectivity index (χ3v) is 4.49. The second kappa shape index (κ2) is 8.13. The van der Waals surface area contributed by atoms with Crippen molar-refractivity contribution in [2.45, 2.75) is 30.0 Å². The molecule has 2 rings (SSSR count). The molecule has 1 aliphatic rings. The fourth-order valence-corrected chi connectivity index (χ4v) is 3.02. The number of hydrogen-bond acceptors (Lipinski definition) is 5. The molecule has 1 aromatic rings. The molecular formula is C12H17ClF3N3O3S. The summed E-state index contributed by atoms with van der Waals surface area (Å²) in [6, 6.07) is 2.34. The maximum atomic E-state index is 12.0. The molecule has 2 N–H and O–H groups in total. The number of rotatable bonds is 6. The van der Waals surface area contributed by atoms with E-state index in [1.165, 1.54) is 0 Å². The maximum Gasteiger partial charge on any atom is 0.422 e. The summed E-state index contributed by atoms with van der Waals surface area (Å²) >= 11 is 0. The van der Waals surface area contributed by atoms with Crippen LogP contribution in [0, 0.1) is 0 Å². The summed E-state index contributed by atoms with van der Waals surface area (Å²) in [6.45, 7) is -0.356. The Hall–Kier alpha value is -1.10. The van der Waals surface area contributed by atoms with E-state index in [2.05, 4.69) is 19.8 Å². The number of hydrogen-bond donors (Lipinski definition) is 2. The van der Waals surface area contributed by atoms with Gasteiger partial charge in [0.1, 0.15) is 4.90 Å². The number of sulfonamides is 1. The van der Waals surface area contributed by atoms with E-state index < -0.39 is 22.8 Å². The molecule has 0 aliphatic carbocycles. The molecule has 0 bridgehead atoms. The third-order valence-electron chi connectivity index (χ3n) is 3.09. The molecule has 132 valence electrons. The van der Waals surface area contributed by atoms with Crippen LogP contribution in [0.1, 0.15) is 12.8 Å². The zero-order chi connectivity index (χ0) is 16.2. The SMILES string of the molecule is Cl.O=S(=O)(NCC1CCCN1)c1ccc(OCC(F)(F)F)nc1. The maximum absolute atomic E-state index is 12.0. The summed E-state index contributed by atoms with van der Waals surface area (Å²) in [6.07, 6.45) is -1.61. The van der Waals surface area contributed by atoms with Crippen molar-refractivity contribution >= 4 is 22.4 Å². The summed E-state index contributed by atoms with van der Waals surface area (Å²) < 4.78 is 66.9. The number of ether oxygens (including phenoxy) is 1. The van der Waals surface area contributed by atoms with Crippen LogP contribution in [0.4, 0.5) is 13.2 Å². The molecule has 1 atom stereocenters. The first-order valence-corrected chi connectivity index (χ1v) is 8.13. The first kappa shape index (κ1) is 19.9. The number of halogens is 4. The van der Waals surface area contributed by atoms with Gasteiger partial charge in [-0.25, -0.2) is 18.1 Å². The standard InChI is InChI=1S/C12H16F3N3O3S.ClH/c13-12(14,15)8-21-11-4-3-10(7-17-11)22(19,20)18-6-9-2-1-5-16-9;/h3-4,7,9,16,18H,1-2,5-6,8H2;1H. The van der Waals surface area contributed by atoms with Crippen molar-refractivity contribution in [3.63, 3.8) is 0 Å². The Kier molecular flexibility index (Phi) is 7.05. The van der Waals surface area contributed by atoms with Gasteiger partial charge in [0.05, 0.1) is 6.20 Å². The molecule has 1 aliphatic heterocycles. The molecule has 0 radical (unpaired) electrons. The minimum Gasteiger partial charge on any atom is -0.468 e. The summed E-state index contributed by atoms with van der Waals surface area (Å²) in [5.74, 6) is -0.284. The van der Waals surface area contributed by atoms with Crippen molar-refractivity contribution in [3.8, 4) is 5.88 Å². The monoisotopic (exact) mass is 375 g/mol. The average Bonchev–Trinajstić information content (AvgIpc) is 2.96. The Morgan fingerprint density at radius 1 is 1.39 bits per heavy atom. The minimum atomic E-state index is -4.47. The fourth-order valence-electron chi connectivity index (χ4n) is 1.99. The number of alkyl halides is 3. The van der Waals surface area contributed by atoms with E-state index in [0.29, 0.717) is 0 Å². The van der Waals surface area contributed by atoms with E-state index >= 15 is 0 Å². The van der Waals surface area contributed by atoms with Gasteiger partial charge in [0.2, 0.25) is 15.9 Å². The van der Waals surface area contributed by atoms with E-state index in [1.54, 1.807) is 0 Å². The van der Waals surface area contributed by atoms with Crippen LogP contribution in [-0.2, 0) is 10.0 Å². The average molecular weight is 376 g/mol. The van der Waals surface area contributed by atoms with Crippen LogP contribution in [0.5, 0.6) is 5.88 Å².